The normalized spacial score (nSPS) is 28.9. The van der Waals surface area contributed by atoms with Gasteiger partial charge in [0.2, 0.25) is 0 Å². The zero-order chi connectivity index (χ0) is 23.9. The third-order valence-electron chi connectivity index (χ3n) is 4.70. The number of ether oxygens (including phenoxy) is 1. The van der Waals surface area contributed by atoms with Crippen LogP contribution in [0.4, 0.5) is 4.79 Å². The summed E-state index contributed by atoms with van der Waals surface area (Å²) in [5, 5.41) is 16.2. The minimum atomic E-state index is -5.11. The predicted molar refractivity (Wildman–Crippen MR) is 108 cm³/mol. The van der Waals surface area contributed by atoms with Crippen molar-refractivity contribution in [3.8, 4) is 0 Å². The second kappa shape index (κ2) is 12.0. The Morgan fingerprint density at radius 1 is 1.16 bits per heavy atom. The van der Waals surface area contributed by atoms with Gasteiger partial charge in [-0.05, 0) is 32.0 Å². The van der Waals surface area contributed by atoms with E-state index in [0.717, 1.165) is 30.6 Å². The number of hydrogen-bond donors (Lipinski definition) is 8. The number of aliphatic hydroxyl groups excluding tert-OH is 1. The predicted octanol–water partition coefficient (Wildman–Crippen LogP) is -1.37. The van der Waals surface area contributed by atoms with Crippen LogP contribution in [0.1, 0.15) is 25.7 Å². The summed E-state index contributed by atoms with van der Waals surface area (Å²) < 4.78 is 36.4. The fraction of sp³-hybridized carbons (Fsp3) is 0.800. The molecular formula is C15H30N4O11P2. The molecule has 32 heavy (non-hydrogen) atoms. The number of carbonyl (C=O) groups is 1. The van der Waals surface area contributed by atoms with Crippen molar-refractivity contribution in [2.75, 3.05) is 19.7 Å². The van der Waals surface area contributed by atoms with Crippen molar-refractivity contribution in [1.29, 1.82) is 0 Å². The van der Waals surface area contributed by atoms with E-state index in [-0.39, 0.29) is 0 Å². The summed E-state index contributed by atoms with van der Waals surface area (Å²) >= 11 is 0. The van der Waals surface area contributed by atoms with Crippen molar-refractivity contribution in [3.63, 3.8) is 0 Å². The van der Waals surface area contributed by atoms with Gasteiger partial charge in [-0.1, -0.05) is 12.8 Å². The van der Waals surface area contributed by atoms with Crippen LogP contribution in [0, 0.1) is 0 Å². The minimum Gasteiger partial charge on any atom is -0.386 e. The Morgan fingerprint density at radius 3 is 2.44 bits per heavy atom. The smallest absolute Gasteiger partial charge is 0.386 e. The van der Waals surface area contributed by atoms with E-state index in [9.17, 15) is 19.0 Å². The van der Waals surface area contributed by atoms with Crippen LogP contribution < -0.4 is 16.4 Å². The maximum absolute atomic E-state index is 12.5. The van der Waals surface area contributed by atoms with Crippen LogP contribution >= 0.6 is 15.6 Å². The lowest BCUT2D eigenvalue weighted by Crippen LogP contribution is -2.56. The first kappa shape index (κ1) is 27.3. The summed E-state index contributed by atoms with van der Waals surface area (Å²) in [7, 11) is -10.1. The lowest BCUT2D eigenvalue weighted by Gasteiger charge is -2.33. The summed E-state index contributed by atoms with van der Waals surface area (Å²) in [5.74, 6) is 0. The lowest BCUT2D eigenvalue weighted by molar-refractivity contribution is -0.0655. The second-order valence-electron chi connectivity index (χ2n) is 7.24. The van der Waals surface area contributed by atoms with Gasteiger partial charge in [-0.2, -0.15) is 0 Å². The molecular weight excluding hydrogens is 474 g/mol. The summed E-state index contributed by atoms with van der Waals surface area (Å²) in [6.07, 6.45) is -0.164. The summed E-state index contributed by atoms with van der Waals surface area (Å²) in [4.78, 5) is 49.3. The molecule has 0 radical (unpaired) electrons. The van der Waals surface area contributed by atoms with Crippen LogP contribution in [0.25, 0.3) is 0 Å². The van der Waals surface area contributed by atoms with Crippen LogP contribution in [-0.4, -0.2) is 86.0 Å². The molecule has 186 valence electrons. The quantitative estimate of drug-likeness (QED) is 0.107. The van der Waals surface area contributed by atoms with Crippen molar-refractivity contribution in [2.24, 2.45) is 5.73 Å². The van der Waals surface area contributed by atoms with E-state index in [2.05, 4.69) is 19.7 Å². The van der Waals surface area contributed by atoms with Gasteiger partial charge in [-0.15, -0.1) is 0 Å². The fourth-order valence-electron chi connectivity index (χ4n) is 3.24. The molecule has 2 heterocycles. The number of unbranched alkanes of at least 4 members (excludes halogenated alkanes) is 3. The van der Waals surface area contributed by atoms with Crippen LogP contribution in [0.15, 0.2) is 12.3 Å². The number of aliphatic hydroxyl groups is 1. The number of phosphoric acid groups is 2. The first-order valence-electron chi connectivity index (χ1n) is 9.89. The van der Waals surface area contributed by atoms with E-state index in [1.54, 1.807) is 6.08 Å². The average molecular weight is 504 g/mol. The summed E-state index contributed by atoms with van der Waals surface area (Å²) in [6.45, 7) is 0.435. The highest BCUT2D eigenvalue weighted by atomic mass is 31.2. The van der Waals surface area contributed by atoms with Crippen LogP contribution in [-0.2, 0) is 22.9 Å². The van der Waals surface area contributed by atoms with Crippen molar-refractivity contribution in [3.05, 3.63) is 12.3 Å². The number of phosphoric ester groups is 2. The molecule has 0 bridgehead atoms. The Morgan fingerprint density at radius 2 is 1.84 bits per heavy atom. The molecule has 9 N–H and O–H groups in total. The van der Waals surface area contributed by atoms with Gasteiger partial charge in [-0.3, -0.25) is 19.3 Å². The Hall–Kier alpha value is -0.930. The van der Waals surface area contributed by atoms with Gasteiger partial charge in [0.15, 0.2) is 6.23 Å². The van der Waals surface area contributed by atoms with Crippen molar-refractivity contribution < 1.29 is 52.4 Å². The van der Waals surface area contributed by atoms with Gasteiger partial charge < -0.3 is 40.5 Å². The van der Waals surface area contributed by atoms with Gasteiger partial charge in [0.1, 0.15) is 24.5 Å². The Kier molecular flexibility index (Phi) is 10.2. The van der Waals surface area contributed by atoms with Crippen LogP contribution in [0.3, 0.4) is 0 Å². The highest BCUT2D eigenvalue weighted by Gasteiger charge is 2.51. The van der Waals surface area contributed by atoms with E-state index in [1.165, 1.54) is 6.20 Å². The molecule has 0 spiro atoms. The Bertz CT molecular complexity index is 745. The molecule has 0 aromatic carbocycles. The SMILES string of the molecule is NCCCCCCNC1C=CN(C2OC(COP(=O)(O)O)C(OP(=O)(O)O)C2O)C(=O)N1. The number of nitrogens with two attached hydrogens (primary N) is 1. The largest absolute Gasteiger partial charge is 0.470 e. The number of nitrogens with one attached hydrogen (secondary N) is 2. The number of rotatable bonds is 13. The molecule has 5 atom stereocenters. The fourth-order valence-corrected chi connectivity index (χ4v) is 4.16. The zero-order valence-electron chi connectivity index (χ0n) is 17.1. The van der Waals surface area contributed by atoms with E-state index >= 15 is 0 Å². The van der Waals surface area contributed by atoms with E-state index < -0.39 is 59.0 Å². The molecule has 2 aliphatic rings. The number of hydrogen-bond acceptors (Lipinski definition) is 9. The van der Waals surface area contributed by atoms with Crippen LogP contribution in [0.5, 0.6) is 0 Å². The van der Waals surface area contributed by atoms with Gasteiger partial charge in [-0.25, -0.2) is 13.9 Å². The number of carbonyl (C=O) groups excluding carboxylic acids is 1. The molecule has 1 saturated heterocycles. The van der Waals surface area contributed by atoms with E-state index in [0.29, 0.717) is 13.1 Å². The zero-order valence-corrected chi connectivity index (χ0v) is 18.9. The summed E-state index contributed by atoms with van der Waals surface area (Å²) in [5.41, 5.74) is 5.44. The van der Waals surface area contributed by atoms with Gasteiger partial charge in [0.05, 0.1) is 6.61 Å². The monoisotopic (exact) mass is 504 g/mol. The van der Waals surface area contributed by atoms with Crippen molar-refractivity contribution >= 4 is 21.7 Å². The highest BCUT2D eigenvalue weighted by molar-refractivity contribution is 7.46. The Labute approximate surface area is 184 Å². The average Bonchev–Trinajstić information content (AvgIpc) is 2.97. The number of amides is 2. The molecule has 0 aromatic rings. The number of nitrogens with zero attached hydrogens (tertiary/aromatic N) is 1. The maximum atomic E-state index is 12.5. The molecule has 0 saturated carbocycles. The molecule has 2 aliphatic heterocycles. The maximum Gasteiger partial charge on any atom is 0.470 e. The Balaban J connectivity index is 1.99. The van der Waals surface area contributed by atoms with Gasteiger partial charge in [0.25, 0.3) is 0 Å². The molecule has 0 aromatic heterocycles. The first-order chi connectivity index (χ1) is 14.9. The first-order valence-corrected chi connectivity index (χ1v) is 13.0. The standard InChI is InChI=1S/C15H30N4O11P2/c16-6-3-1-2-4-7-17-11-5-8-19(15(21)18-11)14-12(20)13(30-32(25,26)27)10(29-14)9-28-31(22,23)24/h5,8,10-14,17,20H,1-4,6-7,9,16H2,(H,18,21)(H2,22,23,24)(H2,25,26,27). The van der Waals surface area contributed by atoms with Crippen LogP contribution in [0.2, 0.25) is 0 Å². The molecule has 0 aliphatic carbocycles. The van der Waals surface area contributed by atoms with Crippen molar-refractivity contribution in [1.82, 2.24) is 15.5 Å². The van der Waals surface area contributed by atoms with E-state index in [1.807, 2.05) is 0 Å². The van der Waals surface area contributed by atoms with Crippen molar-refractivity contribution in [2.45, 2.75) is 56.4 Å². The van der Waals surface area contributed by atoms with Gasteiger partial charge >= 0.3 is 21.7 Å². The molecule has 2 rings (SSSR count). The second-order valence-corrected chi connectivity index (χ2v) is 9.67. The topological polar surface area (TPSA) is 233 Å². The van der Waals surface area contributed by atoms with E-state index in [4.69, 9.17) is 30.0 Å². The molecule has 17 heteroatoms. The molecule has 1 fully saturated rings. The molecule has 5 unspecified atom stereocenters. The minimum absolute atomic E-state index is 0.484. The molecule has 15 nitrogen and oxygen atoms in total. The third kappa shape index (κ3) is 8.78. The summed E-state index contributed by atoms with van der Waals surface area (Å²) in [6, 6.07) is -0.677. The third-order valence-corrected chi connectivity index (χ3v) is 5.70. The molecule has 2 amide bonds. The number of urea groups is 1. The van der Waals surface area contributed by atoms with Gasteiger partial charge in [0, 0.05) is 6.20 Å². The highest BCUT2D eigenvalue weighted by Crippen LogP contribution is 2.44. The lowest BCUT2D eigenvalue weighted by atomic mass is 10.1.